The fraction of sp³-hybridized carbons (Fsp3) is 0.818. The first-order chi connectivity index (χ1) is 8.74. The zero-order chi connectivity index (χ0) is 13.0. The van der Waals surface area contributed by atoms with Crippen molar-refractivity contribution in [2.24, 2.45) is 0 Å². The lowest BCUT2D eigenvalue weighted by Gasteiger charge is -2.43. The second-order valence-electron chi connectivity index (χ2n) is 4.44. The molecule has 0 bridgehead atoms. The van der Waals surface area contributed by atoms with Gasteiger partial charge in [-0.1, -0.05) is 0 Å². The van der Waals surface area contributed by atoms with Gasteiger partial charge in [-0.3, -0.25) is 9.59 Å². The first-order valence-electron chi connectivity index (χ1n) is 6.23. The Bertz CT molecular complexity index is 323. The molecule has 0 radical (unpaired) electrons. The summed E-state index contributed by atoms with van der Waals surface area (Å²) in [5, 5.41) is 11.8. The number of fused-ring (bicyclic) bond motifs is 1. The molecule has 0 aromatic carbocycles. The minimum absolute atomic E-state index is 0.0345. The molecule has 0 saturated carbocycles. The average molecular weight is 257 g/mol. The van der Waals surface area contributed by atoms with Crippen LogP contribution in [-0.2, 0) is 14.3 Å². The van der Waals surface area contributed by atoms with E-state index < -0.39 is 11.8 Å². The topological polar surface area (TPSA) is 82.1 Å². The third kappa shape index (κ3) is 2.80. The number of rotatable bonds is 5. The highest BCUT2D eigenvalue weighted by molar-refractivity contribution is 6.35. The summed E-state index contributed by atoms with van der Waals surface area (Å²) in [4.78, 5) is 26.9. The molecule has 2 aliphatic heterocycles. The maximum absolute atomic E-state index is 11.9. The normalized spacial score (nSPS) is 24.4. The summed E-state index contributed by atoms with van der Waals surface area (Å²) in [7, 11) is 0. The second kappa shape index (κ2) is 6.12. The number of hydrogen-bond acceptors (Lipinski definition) is 5. The van der Waals surface area contributed by atoms with Crippen LogP contribution in [0, 0.1) is 0 Å². The molecule has 7 nitrogen and oxygen atoms in total. The van der Waals surface area contributed by atoms with E-state index >= 15 is 0 Å². The monoisotopic (exact) mass is 257 g/mol. The fourth-order valence-corrected chi connectivity index (χ4v) is 2.32. The first kappa shape index (κ1) is 13.3. The van der Waals surface area contributed by atoms with Gasteiger partial charge in [0.15, 0.2) is 0 Å². The third-order valence-corrected chi connectivity index (χ3v) is 3.25. The highest BCUT2D eigenvalue weighted by Gasteiger charge is 2.39. The fourth-order valence-electron chi connectivity index (χ4n) is 2.32. The van der Waals surface area contributed by atoms with Crippen molar-refractivity contribution in [2.75, 3.05) is 52.5 Å². The molecular formula is C11H19N3O4. The van der Waals surface area contributed by atoms with E-state index in [1.165, 1.54) is 4.90 Å². The van der Waals surface area contributed by atoms with Crippen LogP contribution in [0.25, 0.3) is 0 Å². The summed E-state index contributed by atoms with van der Waals surface area (Å²) in [5.74, 6) is -0.851. The number of amides is 2. The van der Waals surface area contributed by atoms with Crippen LogP contribution in [0.2, 0.25) is 0 Å². The molecule has 102 valence electrons. The zero-order valence-electron chi connectivity index (χ0n) is 10.3. The van der Waals surface area contributed by atoms with Crippen LogP contribution >= 0.6 is 0 Å². The van der Waals surface area contributed by atoms with Gasteiger partial charge in [0.1, 0.15) is 0 Å². The van der Waals surface area contributed by atoms with Crippen molar-refractivity contribution in [3.63, 3.8) is 0 Å². The molecule has 7 heteroatoms. The molecule has 0 aromatic rings. The molecule has 1 unspecified atom stereocenters. The van der Waals surface area contributed by atoms with Crippen molar-refractivity contribution in [3.8, 4) is 0 Å². The number of nitrogens with zero attached hydrogens (tertiary/aromatic N) is 2. The molecule has 2 rings (SSSR count). The van der Waals surface area contributed by atoms with Crippen LogP contribution in [0.5, 0.6) is 0 Å². The van der Waals surface area contributed by atoms with Crippen molar-refractivity contribution in [2.45, 2.75) is 6.04 Å². The Morgan fingerprint density at radius 1 is 1.33 bits per heavy atom. The Labute approximate surface area is 106 Å². The highest BCUT2D eigenvalue weighted by Crippen LogP contribution is 2.13. The molecule has 2 amide bonds. The minimum Gasteiger partial charge on any atom is -0.394 e. The van der Waals surface area contributed by atoms with Crippen LogP contribution in [0.1, 0.15) is 0 Å². The number of aliphatic hydroxyl groups excluding tert-OH is 1. The van der Waals surface area contributed by atoms with Crippen molar-refractivity contribution < 1.29 is 19.4 Å². The lowest BCUT2D eigenvalue weighted by Crippen LogP contribution is -2.65. The number of hydrogen-bond donors (Lipinski definition) is 2. The number of nitrogens with one attached hydrogen (secondary N) is 1. The van der Waals surface area contributed by atoms with Crippen LogP contribution in [0.15, 0.2) is 0 Å². The number of ether oxygens (including phenoxy) is 1. The molecule has 1 atom stereocenters. The van der Waals surface area contributed by atoms with Gasteiger partial charge in [0.25, 0.3) is 0 Å². The molecular weight excluding hydrogens is 238 g/mol. The van der Waals surface area contributed by atoms with E-state index in [9.17, 15) is 9.59 Å². The predicted octanol–water partition coefficient (Wildman–Crippen LogP) is -2.36. The highest BCUT2D eigenvalue weighted by atomic mass is 16.5. The van der Waals surface area contributed by atoms with Gasteiger partial charge in [-0.2, -0.15) is 0 Å². The number of piperazine rings is 2. The number of carbonyl (C=O) groups excluding carboxylic acids is 2. The summed E-state index contributed by atoms with van der Waals surface area (Å²) in [6.45, 7) is 3.60. The van der Waals surface area contributed by atoms with E-state index in [4.69, 9.17) is 9.84 Å². The SMILES string of the molecule is O=C1C(=O)N2CCNCC2CN1CCOCCO. The van der Waals surface area contributed by atoms with E-state index in [1.807, 2.05) is 0 Å². The standard InChI is InChI=1S/C11H19N3O4/c15-4-6-18-5-3-13-8-9-7-12-1-2-14(9)11(17)10(13)16/h9,12,15H,1-8H2. The van der Waals surface area contributed by atoms with Crippen LogP contribution in [0.4, 0.5) is 0 Å². The summed E-state index contributed by atoms with van der Waals surface area (Å²) >= 11 is 0. The van der Waals surface area contributed by atoms with Crippen molar-refractivity contribution in [1.82, 2.24) is 15.1 Å². The van der Waals surface area contributed by atoms with E-state index in [-0.39, 0.29) is 19.3 Å². The first-order valence-corrected chi connectivity index (χ1v) is 6.23. The summed E-state index contributed by atoms with van der Waals surface area (Å²) < 4.78 is 5.12. The quantitative estimate of drug-likeness (QED) is 0.425. The molecule has 2 fully saturated rings. The molecule has 2 aliphatic rings. The largest absolute Gasteiger partial charge is 0.394 e. The molecule has 0 spiro atoms. The Morgan fingerprint density at radius 2 is 2.17 bits per heavy atom. The number of aliphatic hydroxyl groups is 1. The van der Waals surface area contributed by atoms with Crippen molar-refractivity contribution in [1.29, 1.82) is 0 Å². The Kier molecular flexibility index (Phi) is 4.51. The Morgan fingerprint density at radius 3 is 2.94 bits per heavy atom. The summed E-state index contributed by atoms with van der Waals surface area (Å²) in [5.41, 5.74) is 0. The summed E-state index contributed by atoms with van der Waals surface area (Å²) in [6, 6.07) is 0.0711. The van der Waals surface area contributed by atoms with Gasteiger partial charge in [-0.15, -0.1) is 0 Å². The molecule has 2 saturated heterocycles. The van der Waals surface area contributed by atoms with Gasteiger partial charge in [-0.05, 0) is 0 Å². The van der Waals surface area contributed by atoms with Crippen molar-refractivity contribution in [3.05, 3.63) is 0 Å². The lowest BCUT2D eigenvalue weighted by atomic mass is 10.1. The minimum atomic E-state index is -0.444. The average Bonchev–Trinajstić information content (AvgIpc) is 2.40. The molecule has 0 aromatic heterocycles. The zero-order valence-corrected chi connectivity index (χ0v) is 10.3. The van der Waals surface area contributed by atoms with Crippen LogP contribution in [-0.4, -0.2) is 85.3 Å². The van der Waals surface area contributed by atoms with Crippen LogP contribution in [0.3, 0.4) is 0 Å². The molecule has 0 aliphatic carbocycles. The molecule has 18 heavy (non-hydrogen) atoms. The van der Waals surface area contributed by atoms with E-state index in [0.29, 0.717) is 26.2 Å². The van der Waals surface area contributed by atoms with E-state index in [1.54, 1.807) is 4.90 Å². The predicted molar refractivity (Wildman–Crippen MR) is 62.9 cm³/mol. The Hall–Kier alpha value is -1.18. The van der Waals surface area contributed by atoms with E-state index in [2.05, 4.69) is 5.32 Å². The second-order valence-corrected chi connectivity index (χ2v) is 4.44. The van der Waals surface area contributed by atoms with Gasteiger partial charge in [0.05, 0.1) is 25.9 Å². The van der Waals surface area contributed by atoms with Crippen molar-refractivity contribution >= 4 is 11.8 Å². The molecule has 2 heterocycles. The van der Waals surface area contributed by atoms with E-state index in [0.717, 1.165) is 13.1 Å². The third-order valence-electron chi connectivity index (χ3n) is 3.25. The van der Waals surface area contributed by atoms with Gasteiger partial charge < -0.3 is 25.0 Å². The maximum Gasteiger partial charge on any atom is 0.312 e. The molecule has 2 N–H and O–H groups in total. The lowest BCUT2D eigenvalue weighted by molar-refractivity contribution is -0.160. The summed E-state index contributed by atoms with van der Waals surface area (Å²) in [6.07, 6.45) is 0. The van der Waals surface area contributed by atoms with Crippen LogP contribution < -0.4 is 5.32 Å². The van der Waals surface area contributed by atoms with Gasteiger partial charge >= 0.3 is 11.8 Å². The smallest absolute Gasteiger partial charge is 0.312 e. The maximum atomic E-state index is 11.9. The number of carbonyl (C=O) groups is 2. The van der Waals surface area contributed by atoms with Gasteiger partial charge in [-0.25, -0.2) is 0 Å². The Balaban J connectivity index is 1.88. The van der Waals surface area contributed by atoms with Gasteiger partial charge in [0, 0.05) is 32.7 Å². The van der Waals surface area contributed by atoms with Gasteiger partial charge in [0.2, 0.25) is 0 Å².